The number of aromatic nitrogens is 6. The minimum absolute atomic E-state index is 0.0429. The molecule has 232 valence electrons. The van der Waals surface area contributed by atoms with Gasteiger partial charge in [-0.3, -0.25) is 9.58 Å². The zero-order valence-electron chi connectivity index (χ0n) is 25.9. The van der Waals surface area contributed by atoms with E-state index in [2.05, 4.69) is 29.1 Å². The fourth-order valence-electron chi connectivity index (χ4n) is 6.18. The van der Waals surface area contributed by atoms with Gasteiger partial charge >= 0.3 is 0 Å². The Labute approximate surface area is 257 Å². The Morgan fingerprint density at radius 1 is 1.16 bits per heavy atom. The van der Waals surface area contributed by atoms with Crippen molar-refractivity contribution in [2.24, 2.45) is 7.05 Å². The largest absolute Gasteiger partial charge is 0.476 e. The van der Waals surface area contributed by atoms with E-state index in [1.807, 2.05) is 47.5 Å². The molecule has 1 aromatic carbocycles. The number of fused-ring (bicyclic) bond motifs is 4. The summed E-state index contributed by atoms with van der Waals surface area (Å²) >= 11 is 0. The molecule has 2 aliphatic rings. The number of hydrogen-bond donors (Lipinski definition) is 1. The van der Waals surface area contributed by atoms with Gasteiger partial charge in [-0.2, -0.15) is 15.5 Å². The first kappa shape index (κ1) is 29.9. The van der Waals surface area contributed by atoms with Crippen LogP contribution in [0.25, 0.3) is 34.2 Å². The van der Waals surface area contributed by atoms with Crippen molar-refractivity contribution in [2.45, 2.75) is 65.5 Å². The van der Waals surface area contributed by atoms with Gasteiger partial charge < -0.3 is 19.3 Å². The van der Waals surface area contributed by atoms with Crippen LogP contribution in [0.1, 0.15) is 68.9 Å². The summed E-state index contributed by atoms with van der Waals surface area (Å²) in [5.41, 5.74) is 5.31. The average Bonchev–Trinajstić information content (AvgIpc) is 3.66. The summed E-state index contributed by atoms with van der Waals surface area (Å²) in [6, 6.07) is 8.38. The summed E-state index contributed by atoms with van der Waals surface area (Å²) in [5, 5.41) is 35.2. The summed E-state index contributed by atoms with van der Waals surface area (Å²) in [5.74, 6) is 1.07. The molecule has 1 unspecified atom stereocenters. The minimum atomic E-state index is -0.217. The van der Waals surface area contributed by atoms with E-state index in [-0.39, 0.29) is 18.9 Å². The first-order chi connectivity index (χ1) is 21.4. The van der Waals surface area contributed by atoms with Gasteiger partial charge in [-0.1, -0.05) is 13.0 Å². The van der Waals surface area contributed by atoms with Crippen LogP contribution in [0.4, 0.5) is 0 Å². The zero-order chi connectivity index (χ0) is 30.8. The minimum Gasteiger partial charge on any atom is -0.476 e. The van der Waals surface area contributed by atoms with Gasteiger partial charge in [-0.15, -0.1) is 5.10 Å². The first-order valence-electron chi connectivity index (χ1n) is 15.5. The number of ether oxygens (including phenoxy) is 3. The molecular formula is C32H40N8O4. The van der Waals surface area contributed by atoms with Crippen molar-refractivity contribution in [1.29, 1.82) is 5.26 Å². The monoisotopic (exact) mass is 600 g/mol. The third-order valence-corrected chi connectivity index (χ3v) is 8.27. The molecule has 4 aromatic rings. The maximum Gasteiger partial charge on any atom is 0.240 e. The molecular weight excluding hydrogens is 560 g/mol. The van der Waals surface area contributed by atoms with Gasteiger partial charge in [0.2, 0.25) is 11.8 Å². The molecule has 1 N–H and O–H groups in total. The predicted octanol–water partition coefficient (Wildman–Crippen LogP) is 4.37. The molecule has 12 heteroatoms. The highest BCUT2D eigenvalue weighted by molar-refractivity contribution is 5.94. The lowest BCUT2D eigenvalue weighted by atomic mass is 10.0. The Morgan fingerprint density at radius 2 is 2.02 bits per heavy atom. The Morgan fingerprint density at radius 3 is 2.75 bits per heavy atom. The average molecular weight is 601 g/mol. The molecule has 6 rings (SSSR count). The molecule has 2 aliphatic heterocycles. The highest BCUT2D eigenvalue weighted by Crippen LogP contribution is 2.38. The Kier molecular flexibility index (Phi) is 8.70. The van der Waals surface area contributed by atoms with Crippen LogP contribution in [0.5, 0.6) is 11.8 Å². The van der Waals surface area contributed by atoms with Crippen LogP contribution in [0.3, 0.4) is 0 Å². The van der Waals surface area contributed by atoms with E-state index in [0.29, 0.717) is 55.9 Å². The van der Waals surface area contributed by atoms with Gasteiger partial charge in [-0.05, 0) is 69.5 Å². The van der Waals surface area contributed by atoms with Gasteiger partial charge in [-0.25, -0.2) is 9.36 Å². The van der Waals surface area contributed by atoms with Crippen LogP contribution in [-0.2, 0) is 24.9 Å². The zero-order valence-corrected chi connectivity index (χ0v) is 25.9. The smallest absolute Gasteiger partial charge is 0.240 e. The SMILES string of the molecule is CCOc1nn(CCO)c2c1/C=C/c1nn(C3CCCCO3)c3ccc(cc13)-c1c(C#N)nn(C)c1O[C@@H](C)CN(CC)C2. The molecule has 3 aromatic heterocycles. The van der Waals surface area contributed by atoms with E-state index in [4.69, 9.17) is 24.4 Å². The molecule has 2 bridgehead atoms. The number of likely N-dealkylation sites (N-methyl/N-ethyl adjacent to an activating group) is 1. The Hall–Kier alpha value is -4.18. The van der Waals surface area contributed by atoms with Crippen molar-refractivity contribution in [2.75, 3.05) is 32.9 Å². The lowest BCUT2D eigenvalue weighted by molar-refractivity contribution is -0.0367. The van der Waals surface area contributed by atoms with Gasteiger partial charge in [0.1, 0.15) is 12.2 Å². The number of hydrogen-bond acceptors (Lipinski definition) is 9. The molecule has 1 saturated heterocycles. The molecule has 1 fully saturated rings. The van der Waals surface area contributed by atoms with E-state index in [1.165, 1.54) is 0 Å². The normalized spacial score (nSPS) is 19.9. The van der Waals surface area contributed by atoms with Crippen LogP contribution in [-0.4, -0.2) is 78.4 Å². The van der Waals surface area contributed by atoms with Crippen molar-refractivity contribution < 1.29 is 19.3 Å². The molecule has 0 saturated carbocycles. The number of aliphatic hydroxyl groups is 1. The maximum atomic E-state index is 10.1. The second-order valence-corrected chi connectivity index (χ2v) is 11.3. The predicted molar refractivity (Wildman–Crippen MR) is 166 cm³/mol. The Bertz CT molecular complexity index is 1710. The third-order valence-electron chi connectivity index (χ3n) is 8.27. The van der Waals surface area contributed by atoms with Crippen LogP contribution in [0.2, 0.25) is 0 Å². The molecule has 2 atom stereocenters. The number of nitriles is 1. The molecule has 44 heavy (non-hydrogen) atoms. The van der Waals surface area contributed by atoms with Crippen LogP contribution in [0, 0.1) is 11.3 Å². The Balaban J connectivity index is 1.59. The van der Waals surface area contributed by atoms with Crippen LogP contribution < -0.4 is 9.47 Å². The summed E-state index contributed by atoms with van der Waals surface area (Å²) in [6.45, 7) is 9.50. The van der Waals surface area contributed by atoms with Crippen molar-refractivity contribution in [1.82, 2.24) is 34.2 Å². The van der Waals surface area contributed by atoms with Gasteiger partial charge in [0, 0.05) is 32.1 Å². The molecule has 12 nitrogen and oxygen atoms in total. The van der Waals surface area contributed by atoms with Crippen LogP contribution in [0.15, 0.2) is 18.2 Å². The molecule has 0 spiro atoms. The van der Waals surface area contributed by atoms with Crippen molar-refractivity contribution in [3.8, 4) is 29.0 Å². The first-order valence-corrected chi connectivity index (χ1v) is 15.5. The quantitative estimate of drug-likeness (QED) is 0.343. The topological polar surface area (TPSA) is 128 Å². The lowest BCUT2D eigenvalue weighted by Crippen LogP contribution is -2.34. The molecule has 0 radical (unpaired) electrons. The summed E-state index contributed by atoms with van der Waals surface area (Å²) in [6.07, 6.45) is 6.66. The lowest BCUT2D eigenvalue weighted by Gasteiger charge is -2.26. The molecule has 0 amide bonds. The van der Waals surface area contributed by atoms with E-state index < -0.39 is 0 Å². The van der Waals surface area contributed by atoms with E-state index in [1.54, 1.807) is 11.7 Å². The summed E-state index contributed by atoms with van der Waals surface area (Å²) < 4.78 is 24.2. The highest BCUT2D eigenvalue weighted by atomic mass is 16.5. The summed E-state index contributed by atoms with van der Waals surface area (Å²) in [4.78, 5) is 2.27. The molecule has 5 heterocycles. The van der Waals surface area contributed by atoms with E-state index in [0.717, 1.165) is 59.2 Å². The summed E-state index contributed by atoms with van der Waals surface area (Å²) in [7, 11) is 1.80. The number of aryl methyl sites for hydroxylation is 1. The maximum absolute atomic E-state index is 10.1. The van der Waals surface area contributed by atoms with E-state index >= 15 is 0 Å². The highest BCUT2D eigenvalue weighted by Gasteiger charge is 2.27. The molecule has 0 aliphatic carbocycles. The standard InChI is InChI=1S/C32H40N8O4/c1-5-38-19-21(3)44-32-30(26(18-33)34-37(32)4)22-10-13-27-24(17-22)25(35-40(27)29-9-7-8-16-43-29)12-11-23-28(20-38)39(14-15-41)36-31(23)42-6-2/h10-13,17,21,29,41H,5-9,14-16,19-20H2,1-4H3/b12-11+/t21-,29?/m0/s1. The second kappa shape index (κ2) is 12.8. The fraction of sp³-hybridized carbons (Fsp3) is 0.500. The van der Waals surface area contributed by atoms with Gasteiger partial charge in [0.15, 0.2) is 11.9 Å². The number of aliphatic hydroxyl groups excluding tert-OH is 1. The van der Waals surface area contributed by atoms with E-state index in [9.17, 15) is 10.4 Å². The van der Waals surface area contributed by atoms with Crippen molar-refractivity contribution >= 4 is 23.1 Å². The third kappa shape index (κ3) is 5.58. The van der Waals surface area contributed by atoms with Gasteiger partial charge in [0.05, 0.1) is 47.8 Å². The van der Waals surface area contributed by atoms with Crippen molar-refractivity contribution in [3.63, 3.8) is 0 Å². The number of rotatable bonds is 6. The number of nitrogens with zero attached hydrogens (tertiary/aromatic N) is 8. The van der Waals surface area contributed by atoms with Crippen molar-refractivity contribution in [3.05, 3.63) is 40.8 Å². The number of benzene rings is 1. The second-order valence-electron chi connectivity index (χ2n) is 11.3. The van der Waals surface area contributed by atoms with Gasteiger partial charge in [0.25, 0.3) is 0 Å². The van der Waals surface area contributed by atoms with Crippen LogP contribution >= 0.6 is 0 Å². The fourth-order valence-corrected chi connectivity index (χ4v) is 6.18.